The highest BCUT2D eigenvalue weighted by Crippen LogP contribution is 2.21. The first kappa shape index (κ1) is 12.8. The maximum Gasteiger partial charge on any atom is 0.237 e. The zero-order valence-corrected chi connectivity index (χ0v) is 11.2. The summed E-state index contributed by atoms with van der Waals surface area (Å²) in [6.07, 6.45) is 3.22. The summed E-state index contributed by atoms with van der Waals surface area (Å²) in [5, 5.41) is 6.51. The number of carbonyl (C=O) groups excluding carboxylic acids is 1. The zero-order valence-electron chi connectivity index (χ0n) is 11.2. The molecule has 0 aliphatic carbocycles. The van der Waals surface area contributed by atoms with Gasteiger partial charge < -0.3 is 15.5 Å². The van der Waals surface area contributed by atoms with Crippen molar-refractivity contribution in [3.63, 3.8) is 0 Å². The van der Waals surface area contributed by atoms with E-state index < -0.39 is 0 Å². The molecule has 4 atom stereocenters. The number of nitrogens with one attached hydrogen (secondary N) is 2. The van der Waals surface area contributed by atoms with Crippen LogP contribution >= 0.6 is 0 Å². The molecule has 2 aliphatic rings. The third-order valence-corrected chi connectivity index (χ3v) is 4.31. The molecular weight excluding hydrogens is 214 g/mol. The van der Waals surface area contributed by atoms with Crippen molar-refractivity contribution in [3.8, 4) is 0 Å². The van der Waals surface area contributed by atoms with Crippen LogP contribution in [-0.2, 0) is 4.79 Å². The van der Waals surface area contributed by atoms with Crippen molar-refractivity contribution in [2.45, 2.75) is 51.2 Å². The lowest BCUT2D eigenvalue weighted by Gasteiger charge is -2.41. The van der Waals surface area contributed by atoms with Crippen molar-refractivity contribution in [2.24, 2.45) is 5.92 Å². The Bertz CT molecular complexity index is 282. The fourth-order valence-electron chi connectivity index (χ4n) is 2.96. The van der Waals surface area contributed by atoms with E-state index in [4.69, 9.17) is 0 Å². The van der Waals surface area contributed by atoms with E-state index in [1.54, 1.807) is 0 Å². The molecule has 0 saturated carbocycles. The minimum atomic E-state index is 0.0341. The van der Waals surface area contributed by atoms with Crippen LogP contribution in [0.4, 0.5) is 0 Å². The van der Waals surface area contributed by atoms with E-state index in [1.165, 1.54) is 0 Å². The Labute approximate surface area is 104 Å². The van der Waals surface area contributed by atoms with Crippen LogP contribution in [0.25, 0.3) is 0 Å². The molecule has 4 nitrogen and oxygen atoms in total. The third kappa shape index (κ3) is 2.99. The number of likely N-dealkylation sites (tertiary alicyclic amines) is 1. The molecule has 0 radical (unpaired) electrons. The molecule has 2 saturated heterocycles. The van der Waals surface area contributed by atoms with Gasteiger partial charge in [0.05, 0.1) is 6.04 Å². The summed E-state index contributed by atoms with van der Waals surface area (Å²) in [6, 6.07) is 1.12. The van der Waals surface area contributed by atoms with Crippen LogP contribution in [0, 0.1) is 5.92 Å². The molecule has 0 aromatic heterocycles. The summed E-state index contributed by atoms with van der Waals surface area (Å²) in [7, 11) is 2.19. The lowest BCUT2D eigenvalue weighted by atomic mass is 9.88. The van der Waals surface area contributed by atoms with Crippen molar-refractivity contribution in [3.05, 3.63) is 0 Å². The number of carbonyl (C=O) groups is 1. The van der Waals surface area contributed by atoms with E-state index in [1.807, 2.05) is 0 Å². The molecule has 2 aliphatic heterocycles. The Morgan fingerprint density at radius 2 is 2.18 bits per heavy atom. The van der Waals surface area contributed by atoms with Crippen molar-refractivity contribution in [2.75, 3.05) is 20.1 Å². The van der Waals surface area contributed by atoms with Crippen LogP contribution in [0.15, 0.2) is 0 Å². The van der Waals surface area contributed by atoms with Gasteiger partial charge >= 0.3 is 0 Å². The Hall–Kier alpha value is -0.610. The fraction of sp³-hybridized carbons (Fsp3) is 0.923. The van der Waals surface area contributed by atoms with Crippen LogP contribution in [-0.4, -0.2) is 49.1 Å². The Morgan fingerprint density at radius 1 is 1.41 bits per heavy atom. The Balaban J connectivity index is 1.91. The topological polar surface area (TPSA) is 44.4 Å². The van der Waals surface area contributed by atoms with E-state index in [2.05, 4.69) is 36.4 Å². The molecule has 98 valence electrons. The standard InChI is InChI=1S/C13H25N3O/c1-9-8-16(3)10(2)7-12(9)15-11-5-4-6-14-13(11)17/h9-12,15H,4-8H2,1-3H3,(H,14,17). The first-order chi connectivity index (χ1) is 8.08. The fourth-order valence-corrected chi connectivity index (χ4v) is 2.96. The molecule has 2 rings (SSSR count). The average molecular weight is 239 g/mol. The minimum Gasteiger partial charge on any atom is -0.355 e. The molecule has 2 N–H and O–H groups in total. The van der Waals surface area contributed by atoms with E-state index in [0.29, 0.717) is 18.0 Å². The molecule has 2 heterocycles. The van der Waals surface area contributed by atoms with Gasteiger partial charge in [0.15, 0.2) is 0 Å². The number of amides is 1. The van der Waals surface area contributed by atoms with Gasteiger partial charge in [0.2, 0.25) is 5.91 Å². The predicted octanol–water partition coefficient (Wildman–Crippen LogP) is 0.583. The number of rotatable bonds is 2. The molecule has 17 heavy (non-hydrogen) atoms. The maximum absolute atomic E-state index is 11.7. The van der Waals surface area contributed by atoms with Crippen LogP contribution < -0.4 is 10.6 Å². The normalized spacial score (nSPS) is 40.1. The lowest BCUT2D eigenvalue weighted by Crippen LogP contribution is -2.57. The predicted molar refractivity (Wildman–Crippen MR) is 68.8 cm³/mol. The average Bonchev–Trinajstić information content (AvgIpc) is 2.29. The van der Waals surface area contributed by atoms with Gasteiger partial charge in [-0.2, -0.15) is 0 Å². The molecular formula is C13H25N3O. The summed E-state index contributed by atoms with van der Waals surface area (Å²) in [4.78, 5) is 14.1. The maximum atomic E-state index is 11.7. The van der Waals surface area contributed by atoms with Gasteiger partial charge in [0.25, 0.3) is 0 Å². The van der Waals surface area contributed by atoms with Gasteiger partial charge in [-0.1, -0.05) is 6.92 Å². The monoisotopic (exact) mass is 239 g/mol. The first-order valence-electron chi connectivity index (χ1n) is 6.82. The van der Waals surface area contributed by atoms with E-state index in [-0.39, 0.29) is 11.9 Å². The summed E-state index contributed by atoms with van der Waals surface area (Å²) in [5.41, 5.74) is 0. The second-order valence-electron chi connectivity index (χ2n) is 5.76. The van der Waals surface area contributed by atoms with Gasteiger partial charge in [-0.05, 0) is 39.2 Å². The van der Waals surface area contributed by atoms with Crippen molar-refractivity contribution < 1.29 is 4.79 Å². The van der Waals surface area contributed by atoms with Crippen molar-refractivity contribution in [1.82, 2.24) is 15.5 Å². The summed E-state index contributed by atoms with van der Waals surface area (Å²) in [6.45, 7) is 6.51. The molecule has 4 unspecified atom stereocenters. The summed E-state index contributed by atoms with van der Waals surface area (Å²) in [5.74, 6) is 0.806. The summed E-state index contributed by atoms with van der Waals surface area (Å²) >= 11 is 0. The highest BCUT2D eigenvalue weighted by Gasteiger charge is 2.32. The molecule has 0 bridgehead atoms. The second kappa shape index (κ2) is 5.36. The quantitative estimate of drug-likeness (QED) is 0.741. The number of hydrogen-bond acceptors (Lipinski definition) is 3. The highest BCUT2D eigenvalue weighted by atomic mass is 16.2. The van der Waals surface area contributed by atoms with Gasteiger partial charge in [0.1, 0.15) is 0 Å². The second-order valence-corrected chi connectivity index (χ2v) is 5.76. The minimum absolute atomic E-state index is 0.0341. The molecule has 0 aromatic rings. The highest BCUT2D eigenvalue weighted by molar-refractivity contribution is 5.82. The first-order valence-corrected chi connectivity index (χ1v) is 6.82. The number of nitrogens with zero attached hydrogens (tertiary/aromatic N) is 1. The van der Waals surface area contributed by atoms with Crippen LogP contribution in [0.2, 0.25) is 0 Å². The Morgan fingerprint density at radius 3 is 2.88 bits per heavy atom. The van der Waals surface area contributed by atoms with Crippen LogP contribution in [0.3, 0.4) is 0 Å². The van der Waals surface area contributed by atoms with Gasteiger partial charge in [-0.3, -0.25) is 4.79 Å². The van der Waals surface area contributed by atoms with E-state index in [0.717, 1.165) is 32.4 Å². The molecule has 4 heteroatoms. The molecule has 0 aromatic carbocycles. The molecule has 0 spiro atoms. The number of piperidine rings is 2. The van der Waals surface area contributed by atoms with Crippen LogP contribution in [0.5, 0.6) is 0 Å². The van der Waals surface area contributed by atoms with E-state index in [9.17, 15) is 4.79 Å². The lowest BCUT2D eigenvalue weighted by molar-refractivity contribution is -0.125. The SMILES string of the molecule is CC1CN(C)C(C)CC1NC1CCCNC1=O. The van der Waals surface area contributed by atoms with Crippen molar-refractivity contribution in [1.29, 1.82) is 0 Å². The van der Waals surface area contributed by atoms with Gasteiger partial charge in [-0.15, -0.1) is 0 Å². The molecule has 2 fully saturated rings. The zero-order chi connectivity index (χ0) is 12.4. The molecule has 1 amide bonds. The number of hydrogen-bond donors (Lipinski definition) is 2. The summed E-state index contributed by atoms with van der Waals surface area (Å²) < 4.78 is 0. The van der Waals surface area contributed by atoms with E-state index >= 15 is 0 Å². The van der Waals surface area contributed by atoms with Crippen LogP contribution in [0.1, 0.15) is 33.1 Å². The van der Waals surface area contributed by atoms with Gasteiger partial charge in [0, 0.05) is 25.2 Å². The Kier molecular flexibility index (Phi) is 4.05. The van der Waals surface area contributed by atoms with Crippen molar-refractivity contribution >= 4 is 5.91 Å². The van der Waals surface area contributed by atoms with Gasteiger partial charge in [-0.25, -0.2) is 0 Å². The largest absolute Gasteiger partial charge is 0.355 e. The third-order valence-electron chi connectivity index (χ3n) is 4.31. The smallest absolute Gasteiger partial charge is 0.237 e.